The third-order valence-electron chi connectivity index (χ3n) is 2.89. The maximum Gasteiger partial charge on any atom is 0.247 e. The predicted octanol–water partition coefficient (Wildman–Crippen LogP) is 1.46. The molecule has 1 heterocycles. The Morgan fingerprint density at radius 3 is 2.45 bits per heavy atom. The zero-order valence-corrected chi connectivity index (χ0v) is 14.5. The summed E-state index contributed by atoms with van der Waals surface area (Å²) >= 11 is 3.15. The molecule has 2 N–H and O–H groups in total. The van der Waals surface area contributed by atoms with Crippen molar-refractivity contribution in [1.82, 2.24) is 9.21 Å². The molecule has 0 unspecified atom stereocenters. The van der Waals surface area contributed by atoms with Crippen molar-refractivity contribution in [3.8, 4) is 0 Å². The van der Waals surface area contributed by atoms with Crippen LogP contribution in [0, 0.1) is 0 Å². The smallest absolute Gasteiger partial charge is 0.247 e. The minimum atomic E-state index is -3.55. The van der Waals surface area contributed by atoms with Crippen molar-refractivity contribution in [3.05, 3.63) is 16.5 Å². The highest BCUT2D eigenvalue weighted by Gasteiger charge is 2.28. The summed E-state index contributed by atoms with van der Waals surface area (Å²) in [5, 5.41) is 0. The van der Waals surface area contributed by atoms with Gasteiger partial charge in [0.1, 0.15) is 10.7 Å². The van der Waals surface area contributed by atoms with Crippen molar-refractivity contribution < 1.29 is 12.8 Å². The van der Waals surface area contributed by atoms with E-state index < -0.39 is 10.0 Å². The SMILES string of the molecule is CCN(CCCN(C)C)S(=O)(=O)c1cc(CN)oc1Br. The number of sulfonamides is 1. The van der Waals surface area contributed by atoms with Gasteiger partial charge in [-0.1, -0.05) is 6.92 Å². The van der Waals surface area contributed by atoms with Gasteiger partial charge in [0.05, 0.1) is 6.54 Å². The molecule has 0 saturated carbocycles. The number of nitrogens with zero attached hydrogens (tertiary/aromatic N) is 2. The van der Waals surface area contributed by atoms with E-state index in [-0.39, 0.29) is 16.1 Å². The van der Waals surface area contributed by atoms with E-state index in [9.17, 15) is 8.42 Å². The van der Waals surface area contributed by atoms with Crippen LogP contribution < -0.4 is 5.73 Å². The molecule has 0 aliphatic rings. The van der Waals surface area contributed by atoms with E-state index in [0.29, 0.717) is 18.8 Å². The summed E-state index contributed by atoms with van der Waals surface area (Å²) in [6.07, 6.45) is 0.777. The molecule has 8 heteroatoms. The van der Waals surface area contributed by atoms with Gasteiger partial charge in [0.25, 0.3) is 0 Å². The van der Waals surface area contributed by atoms with E-state index >= 15 is 0 Å². The van der Waals surface area contributed by atoms with Crippen LogP contribution in [0.4, 0.5) is 0 Å². The van der Waals surface area contributed by atoms with Gasteiger partial charge in [-0.05, 0) is 43.0 Å². The Bertz CT molecular complexity index is 528. The molecule has 0 spiro atoms. The largest absolute Gasteiger partial charge is 0.452 e. The van der Waals surface area contributed by atoms with Gasteiger partial charge in [-0.25, -0.2) is 8.42 Å². The summed E-state index contributed by atoms with van der Waals surface area (Å²) in [5.41, 5.74) is 5.47. The van der Waals surface area contributed by atoms with Crippen molar-refractivity contribution in [2.45, 2.75) is 24.8 Å². The fraction of sp³-hybridized carbons (Fsp3) is 0.667. The highest BCUT2D eigenvalue weighted by atomic mass is 79.9. The molecule has 0 aromatic carbocycles. The molecule has 0 aliphatic heterocycles. The van der Waals surface area contributed by atoms with Crippen LogP contribution in [-0.4, -0.2) is 51.4 Å². The Morgan fingerprint density at radius 2 is 2.00 bits per heavy atom. The first-order valence-corrected chi connectivity index (χ1v) is 8.69. The van der Waals surface area contributed by atoms with Crippen LogP contribution in [0.3, 0.4) is 0 Å². The topological polar surface area (TPSA) is 79.8 Å². The third kappa shape index (κ3) is 4.29. The first-order chi connectivity index (χ1) is 9.32. The lowest BCUT2D eigenvalue weighted by Crippen LogP contribution is -2.33. The average Bonchev–Trinajstić information content (AvgIpc) is 2.76. The minimum Gasteiger partial charge on any atom is -0.452 e. The molecule has 116 valence electrons. The van der Waals surface area contributed by atoms with Gasteiger partial charge in [-0.15, -0.1) is 0 Å². The molecule has 0 amide bonds. The number of furan rings is 1. The lowest BCUT2D eigenvalue weighted by Gasteiger charge is -2.20. The van der Waals surface area contributed by atoms with E-state index in [1.807, 2.05) is 25.9 Å². The van der Waals surface area contributed by atoms with Gasteiger partial charge < -0.3 is 15.1 Å². The molecule has 0 atom stereocenters. The summed E-state index contributed by atoms with van der Waals surface area (Å²) in [6.45, 7) is 3.73. The van der Waals surface area contributed by atoms with Gasteiger partial charge in [0, 0.05) is 19.2 Å². The summed E-state index contributed by atoms with van der Waals surface area (Å²) in [5.74, 6) is 0.444. The molecule has 0 fully saturated rings. The fourth-order valence-corrected chi connectivity index (χ4v) is 4.27. The van der Waals surface area contributed by atoms with Gasteiger partial charge in [-0.3, -0.25) is 0 Å². The first-order valence-electron chi connectivity index (χ1n) is 6.46. The third-order valence-corrected chi connectivity index (χ3v) is 5.72. The van der Waals surface area contributed by atoms with Crippen LogP contribution in [-0.2, 0) is 16.6 Å². The van der Waals surface area contributed by atoms with E-state index in [0.717, 1.165) is 13.0 Å². The van der Waals surface area contributed by atoms with Crippen LogP contribution in [0.5, 0.6) is 0 Å². The monoisotopic (exact) mass is 367 g/mol. The van der Waals surface area contributed by atoms with Crippen LogP contribution in [0.1, 0.15) is 19.1 Å². The molecule has 6 nitrogen and oxygen atoms in total. The molecule has 0 bridgehead atoms. The molecule has 0 radical (unpaired) electrons. The van der Waals surface area contributed by atoms with Gasteiger partial charge in [-0.2, -0.15) is 4.31 Å². The Kier molecular flexibility index (Phi) is 6.67. The fourth-order valence-electron chi connectivity index (χ4n) is 1.82. The Balaban J connectivity index is 2.90. The number of nitrogens with two attached hydrogens (primary N) is 1. The van der Waals surface area contributed by atoms with Crippen molar-refractivity contribution in [2.75, 3.05) is 33.7 Å². The first kappa shape index (κ1) is 17.6. The highest BCUT2D eigenvalue weighted by molar-refractivity contribution is 9.10. The van der Waals surface area contributed by atoms with Gasteiger partial charge in [0.15, 0.2) is 4.67 Å². The highest BCUT2D eigenvalue weighted by Crippen LogP contribution is 2.28. The molecular formula is C12H22BrN3O3S. The van der Waals surface area contributed by atoms with E-state index in [1.165, 1.54) is 10.4 Å². The number of hydrogen-bond donors (Lipinski definition) is 1. The van der Waals surface area contributed by atoms with Crippen molar-refractivity contribution >= 4 is 26.0 Å². The van der Waals surface area contributed by atoms with Crippen molar-refractivity contribution in [2.24, 2.45) is 5.73 Å². The van der Waals surface area contributed by atoms with E-state index in [4.69, 9.17) is 10.2 Å². The van der Waals surface area contributed by atoms with Crippen LogP contribution >= 0.6 is 15.9 Å². The number of halogens is 1. The van der Waals surface area contributed by atoms with E-state index in [2.05, 4.69) is 15.9 Å². The Morgan fingerprint density at radius 1 is 1.35 bits per heavy atom. The summed E-state index contributed by atoms with van der Waals surface area (Å²) in [7, 11) is 0.376. The lowest BCUT2D eigenvalue weighted by molar-refractivity contribution is 0.355. The maximum atomic E-state index is 12.6. The zero-order chi connectivity index (χ0) is 15.3. The summed E-state index contributed by atoms with van der Waals surface area (Å²) in [6, 6.07) is 1.48. The predicted molar refractivity (Wildman–Crippen MR) is 81.9 cm³/mol. The number of rotatable bonds is 8. The average molecular weight is 368 g/mol. The van der Waals surface area contributed by atoms with E-state index in [1.54, 1.807) is 0 Å². The normalized spacial score (nSPS) is 12.6. The van der Waals surface area contributed by atoms with Gasteiger partial charge >= 0.3 is 0 Å². The van der Waals surface area contributed by atoms with Crippen LogP contribution in [0.2, 0.25) is 0 Å². The molecule has 1 aromatic heterocycles. The van der Waals surface area contributed by atoms with Crippen LogP contribution in [0.15, 0.2) is 20.0 Å². The quantitative estimate of drug-likeness (QED) is 0.752. The molecule has 1 rings (SSSR count). The number of hydrogen-bond acceptors (Lipinski definition) is 5. The van der Waals surface area contributed by atoms with Gasteiger partial charge in [0.2, 0.25) is 10.0 Å². The molecular weight excluding hydrogens is 346 g/mol. The Hall–Kier alpha value is -0.410. The summed E-state index contributed by atoms with van der Waals surface area (Å²) < 4.78 is 32.1. The lowest BCUT2D eigenvalue weighted by atomic mass is 10.4. The maximum absolute atomic E-state index is 12.6. The molecule has 20 heavy (non-hydrogen) atoms. The van der Waals surface area contributed by atoms with Crippen molar-refractivity contribution in [1.29, 1.82) is 0 Å². The molecule has 1 aromatic rings. The van der Waals surface area contributed by atoms with Crippen LogP contribution in [0.25, 0.3) is 0 Å². The summed E-state index contributed by atoms with van der Waals surface area (Å²) in [4.78, 5) is 2.17. The Labute approximate surface area is 129 Å². The second kappa shape index (κ2) is 7.56. The van der Waals surface area contributed by atoms with Crippen molar-refractivity contribution in [3.63, 3.8) is 0 Å². The standard InChI is InChI=1S/C12H22BrN3O3S/c1-4-16(7-5-6-15(2)3)20(17,18)11-8-10(9-14)19-12(11)13/h8H,4-7,9,14H2,1-3H3. The zero-order valence-electron chi connectivity index (χ0n) is 12.1. The molecule has 0 aliphatic carbocycles. The minimum absolute atomic E-state index is 0.143. The molecule has 0 saturated heterocycles. The second-order valence-electron chi connectivity index (χ2n) is 4.71. The second-order valence-corrected chi connectivity index (χ2v) is 7.33.